The van der Waals surface area contributed by atoms with Gasteiger partial charge in [-0.3, -0.25) is 4.79 Å². The highest BCUT2D eigenvalue weighted by Crippen LogP contribution is 2.09. The molecule has 52 valence electrons. The number of rotatable bonds is 0. The largest absolute Gasteiger partial charge is 0.356 e. The maximum absolute atomic E-state index is 10.7. The van der Waals surface area contributed by atoms with Crippen molar-refractivity contribution in [2.45, 2.75) is 26.2 Å². The average Bonchev–Trinajstić information content (AvgIpc) is 1.97. The Hall–Kier alpha value is -0.530. The number of hydrogen-bond donors (Lipinski definition) is 1. The number of hydrogen-bond acceptors (Lipinski definition) is 1. The van der Waals surface area contributed by atoms with Crippen molar-refractivity contribution in [2.75, 3.05) is 6.54 Å². The quantitative estimate of drug-likeness (QED) is 0.515. The fourth-order valence-corrected chi connectivity index (χ4v) is 1.09. The maximum Gasteiger partial charge on any atom is 0.220 e. The predicted molar refractivity (Wildman–Crippen MR) is 36.0 cm³/mol. The van der Waals surface area contributed by atoms with E-state index in [0.717, 1.165) is 19.4 Å². The van der Waals surface area contributed by atoms with Gasteiger partial charge in [-0.15, -0.1) is 0 Å². The van der Waals surface area contributed by atoms with Crippen molar-refractivity contribution in [3.8, 4) is 0 Å². The minimum absolute atomic E-state index is 0.222. The van der Waals surface area contributed by atoms with E-state index in [1.54, 1.807) is 0 Å². The number of carbonyl (C=O) groups is 1. The van der Waals surface area contributed by atoms with Gasteiger partial charge in [-0.2, -0.15) is 0 Å². The molecule has 1 rings (SSSR count). The van der Waals surface area contributed by atoms with Crippen molar-refractivity contribution in [2.24, 2.45) is 5.92 Å². The third-order valence-corrected chi connectivity index (χ3v) is 1.75. The lowest BCUT2D eigenvalue weighted by atomic mass is 10.1. The van der Waals surface area contributed by atoms with E-state index in [4.69, 9.17) is 0 Å². The van der Waals surface area contributed by atoms with Crippen LogP contribution in [0, 0.1) is 5.92 Å². The van der Waals surface area contributed by atoms with Crippen LogP contribution in [0.5, 0.6) is 0 Å². The number of amides is 1. The predicted octanol–water partition coefficient (Wildman–Crippen LogP) is 0.923. The summed E-state index contributed by atoms with van der Waals surface area (Å²) in [6, 6.07) is 0. The Morgan fingerprint density at radius 2 is 2.44 bits per heavy atom. The van der Waals surface area contributed by atoms with Crippen LogP contribution in [0.4, 0.5) is 0 Å². The van der Waals surface area contributed by atoms with Gasteiger partial charge < -0.3 is 5.32 Å². The van der Waals surface area contributed by atoms with E-state index in [1.807, 2.05) is 0 Å². The molecule has 0 unspecified atom stereocenters. The molecule has 2 nitrogen and oxygen atoms in total. The molecule has 1 fully saturated rings. The van der Waals surface area contributed by atoms with Crippen LogP contribution in [0.25, 0.3) is 0 Å². The van der Waals surface area contributed by atoms with E-state index in [1.165, 1.54) is 6.42 Å². The zero-order chi connectivity index (χ0) is 6.69. The summed E-state index contributed by atoms with van der Waals surface area (Å²) >= 11 is 0. The zero-order valence-corrected chi connectivity index (χ0v) is 5.81. The van der Waals surface area contributed by atoms with Gasteiger partial charge >= 0.3 is 0 Å². The molecule has 1 heterocycles. The molecular formula is C7H13NO. The van der Waals surface area contributed by atoms with Crippen LogP contribution in [0.2, 0.25) is 0 Å². The molecule has 0 spiro atoms. The van der Waals surface area contributed by atoms with Crippen molar-refractivity contribution < 1.29 is 4.79 Å². The SMILES string of the molecule is C[C@H]1CCCC(=O)NC1. The first-order valence-electron chi connectivity index (χ1n) is 3.56. The summed E-state index contributed by atoms with van der Waals surface area (Å²) in [6.07, 6.45) is 2.98. The third-order valence-electron chi connectivity index (χ3n) is 1.75. The van der Waals surface area contributed by atoms with Gasteiger partial charge in [-0.25, -0.2) is 0 Å². The lowest BCUT2D eigenvalue weighted by molar-refractivity contribution is -0.120. The van der Waals surface area contributed by atoms with Crippen molar-refractivity contribution in [3.63, 3.8) is 0 Å². The van der Waals surface area contributed by atoms with E-state index in [-0.39, 0.29) is 5.91 Å². The minimum Gasteiger partial charge on any atom is -0.356 e. The van der Waals surface area contributed by atoms with Gasteiger partial charge in [0.05, 0.1) is 0 Å². The topological polar surface area (TPSA) is 29.1 Å². The van der Waals surface area contributed by atoms with Crippen LogP contribution in [-0.4, -0.2) is 12.5 Å². The number of nitrogens with one attached hydrogen (secondary N) is 1. The maximum atomic E-state index is 10.7. The second-order valence-electron chi connectivity index (χ2n) is 2.80. The highest BCUT2D eigenvalue weighted by Gasteiger charge is 2.10. The molecule has 0 aromatic heterocycles. The van der Waals surface area contributed by atoms with Gasteiger partial charge in [0.25, 0.3) is 0 Å². The fraction of sp³-hybridized carbons (Fsp3) is 0.857. The summed E-state index contributed by atoms with van der Waals surface area (Å²) in [5.41, 5.74) is 0. The standard InChI is InChI=1S/C7H13NO/c1-6-3-2-4-7(9)8-5-6/h6H,2-5H2,1H3,(H,8,9)/t6-/m0/s1. The fourth-order valence-electron chi connectivity index (χ4n) is 1.09. The first kappa shape index (κ1) is 6.59. The summed E-state index contributed by atoms with van der Waals surface area (Å²) in [6.45, 7) is 3.05. The molecule has 0 bridgehead atoms. The number of carbonyl (C=O) groups excluding carboxylic acids is 1. The first-order valence-corrected chi connectivity index (χ1v) is 3.56. The van der Waals surface area contributed by atoms with Gasteiger partial charge in [-0.05, 0) is 18.8 Å². The normalized spacial score (nSPS) is 29.0. The molecule has 0 saturated carbocycles. The van der Waals surface area contributed by atoms with Crippen LogP contribution in [0.15, 0.2) is 0 Å². The molecule has 0 aromatic carbocycles. The Balaban J connectivity index is 2.34. The van der Waals surface area contributed by atoms with E-state index < -0.39 is 0 Å². The van der Waals surface area contributed by atoms with Crippen LogP contribution in [0.1, 0.15) is 26.2 Å². The van der Waals surface area contributed by atoms with E-state index in [2.05, 4.69) is 12.2 Å². The Bertz CT molecular complexity index is 111. The van der Waals surface area contributed by atoms with E-state index >= 15 is 0 Å². The van der Waals surface area contributed by atoms with Crippen LogP contribution in [0.3, 0.4) is 0 Å². The van der Waals surface area contributed by atoms with Crippen molar-refractivity contribution >= 4 is 5.91 Å². The lowest BCUT2D eigenvalue weighted by Crippen LogP contribution is -2.24. The Morgan fingerprint density at radius 3 is 3.22 bits per heavy atom. The summed E-state index contributed by atoms with van der Waals surface area (Å²) in [4.78, 5) is 10.7. The molecule has 1 amide bonds. The molecule has 9 heavy (non-hydrogen) atoms. The van der Waals surface area contributed by atoms with Gasteiger partial charge in [0.15, 0.2) is 0 Å². The Labute approximate surface area is 55.6 Å². The van der Waals surface area contributed by atoms with Crippen molar-refractivity contribution in [1.82, 2.24) is 5.32 Å². The van der Waals surface area contributed by atoms with Crippen LogP contribution >= 0.6 is 0 Å². The summed E-state index contributed by atoms with van der Waals surface area (Å²) in [5.74, 6) is 0.899. The second kappa shape index (κ2) is 2.85. The molecule has 0 aromatic rings. The first-order chi connectivity index (χ1) is 4.29. The smallest absolute Gasteiger partial charge is 0.220 e. The van der Waals surface area contributed by atoms with Gasteiger partial charge in [0, 0.05) is 13.0 Å². The van der Waals surface area contributed by atoms with Gasteiger partial charge in [-0.1, -0.05) is 6.92 Å². The Morgan fingerprint density at radius 1 is 1.67 bits per heavy atom. The van der Waals surface area contributed by atoms with E-state index in [9.17, 15) is 4.79 Å². The molecule has 1 aliphatic heterocycles. The molecule has 1 atom stereocenters. The molecule has 1 N–H and O–H groups in total. The minimum atomic E-state index is 0.222. The monoisotopic (exact) mass is 127 g/mol. The van der Waals surface area contributed by atoms with Gasteiger partial charge in [0.2, 0.25) is 5.91 Å². The summed E-state index contributed by atoms with van der Waals surface area (Å²) < 4.78 is 0. The van der Waals surface area contributed by atoms with Crippen LogP contribution < -0.4 is 5.32 Å². The molecule has 1 aliphatic rings. The van der Waals surface area contributed by atoms with Crippen molar-refractivity contribution in [3.05, 3.63) is 0 Å². The second-order valence-corrected chi connectivity index (χ2v) is 2.80. The Kier molecular flexibility index (Phi) is 2.09. The molecule has 0 aliphatic carbocycles. The molecular weight excluding hydrogens is 114 g/mol. The van der Waals surface area contributed by atoms with E-state index in [0.29, 0.717) is 5.92 Å². The third kappa shape index (κ3) is 2.04. The zero-order valence-electron chi connectivity index (χ0n) is 5.81. The highest BCUT2D eigenvalue weighted by molar-refractivity contribution is 5.76. The summed E-state index contributed by atoms with van der Waals surface area (Å²) in [7, 11) is 0. The summed E-state index contributed by atoms with van der Waals surface area (Å²) in [5, 5.41) is 2.86. The highest BCUT2D eigenvalue weighted by atomic mass is 16.1. The van der Waals surface area contributed by atoms with Gasteiger partial charge in [0.1, 0.15) is 0 Å². The lowest BCUT2D eigenvalue weighted by Gasteiger charge is -2.04. The van der Waals surface area contributed by atoms with Crippen molar-refractivity contribution in [1.29, 1.82) is 0 Å². The molecule has 0 radical (unpaired) electrons. The molecule has 2 heteroatoms. The van der Waals surface area contributed by atoms with Crippen LogP contribution in [-0.2, 0) is 4.79 Å². The molecule has 1 saturated heterocycles. The average molecular weight is 127 g/mol.